The number of Topliss-reactive ketones (excluding diaryl/α,β-unsaturated/α-hetero) is 1. The highest BCUT2D eigenvalue weighted by atomic mass is 35.5. The summed E-state index contributed by atoms with van der Waals surface area (Å²) in [5, 5.41) is 19.6. The van der Waals surface area contributed by atoms with Crippen LogP contribution in [-0.4, -0.2) is 89.8 Å². The highest BCUT2D eigenvalue weighted by Crippen LogP contribution is 2.33. The molecule has 12 heteroatoms. The number of ketones is 1. The van der Waals surface area contributed by atoms with E-state index in [2.05, 4.69) is 17.9 Å². The Morgan fingerprint density at radius 3 is 2.46 bits per heavy atom. The van der Waals surface area contributed by atoms with Gasteiger partial charge in [0.05, 0.1) is 12.0 Å². The zero-order valence-corrected chi connectivity index (χ0v) is 27.4. The summed E-state index contributed by atoms with van der Waals surface area (Å²) in [4.78, 5) is 39.1. The van der Waals surface area contributed by atoms with Crippen LogP contribution in [0.4, 0.5) is 0 Å². The van der Waals surface area contributed by atoms with Gasteiger partial charge in [0.2, 0.25) is 6.79 Å². The second kappa shape index (κ2) is 18.7. The highest BCUT2D eigenvalue weighted by molar-refractivity contribution is 6.30. The first-order chi connectivity index (χ1) is 21.8. The van der Waals surface area contributed by atoms with Crippen LogP contribution in [0.2, 0.25) is 5.02 Å². The molecule has 2 fully saturated rings. The fraction of sp³-hybridized carbons (Fsp3) is 0.441. The molecule has 3 aliphatic rings. The third-order valence-electron chi connectivity index (χ3n) is 7.91. The third-order valence-corrected chi connectivity index (χ3v) is 8.16. The van der Waals surface area contributed by atoms with Gasteiger partial charge < -0.3 is 34.1 Å². The van der Waals surface area contributed by atoms with Crippen molar-refractivity contribution in [3.8, 4) is 17.2 Å². The molecule has 4 atom stereocenters. The molecular formula is C34H42Cl2N2O8. The number of hydrogen-bond donors (Lipinski definition) is 2. The summed E-state index contributed by atoms with van der Waals surface area (Å²) >= 11 is 5.85. The maximum atomic E-state index is 12.4. The first-order valence-corrected chi connectivity index (χ1v) is 15.6. The van der Waals surface area contributed by atoms with Gasteiger partial charge in [-0.1, -0.05) is 55.3 Å². The number of halogens is 2. The van der Waals surface area contributed by atoms with Crippen LogP contribution >= 0.6 is 24.0 Å². The predicted molar refractivity (Wildman–Crippen MR) is 176 cm³/mol. The quantitative estimate of drug-likeness (QED) is 0.216. The van der Waals surface area contributed by atoms with Crippen molar-refractivity contribution in [3.05, 3.63) is 77.4 Å². The lowest BCUT2D eigenvalue weighted by Gasteiger charge is -2.34. The van der Waals surface area contributed by atoms with Gasteiger partial charge in [-0.05, 0) is 60.7 Å². The molecule has 1 amide bonds. The topological polar surface area (TPSA) is 126 Å². The van der Waals surface area contributed by atoms with Crippen LogP contribution in [0.3, 0.4) is 0 Å². The van der Waals surface area contributed by atoms with Gasteiger partial charge in [-0.3, -0.25) is 14.5 Å². The Bertz CT molecular complexity index is 1350. The summed E-state index contributed by atoms with van der Waals surface area (Å²) in [6, 6.07) is 13.1. The maximum Gasteiger partial charge on any atom is 0.260 e. The van der Waals surface area contributed by atoms with Crippen molar-refractivity contribution in [2.24, 2.45) is 11.8 Å². The number of unbranched alkanes of at least 4 members (excludes halogenated alkanes) is 1. The van der Waals surface area contributed by atoms with Crippen LogP contribution in [0.5, 0.6) is 17.2 Å². The number of aliphatic hydroxyl groups excluding tert-OH is 2. The van der Waals surface area contributed by atoms with Crippen LogP contribution in [0.25, 0.3) is 0 Å². The smallest absolute Gasteiger partial charge is 0.260 e. The molecule has 10 nitrogen and oxygen atoms in total. The zero-order chi connectivity index (χ0) is 32.2. The Hall–Kier alpha value is -3.41. The predicted octanol–water partition coefficient (Wildman–Crippen LogP) is 4.24. The number of benzene rings is 2. The summed E-state index contributed by atoms with van der Waals surface area (Å²) in [5.41, 5.74) is 1.19. The fourth-order valence-corrected chi connectivity index (χ4v) is 5.41. The van der Waals surface area contributed by atoms with Crippen molar-refractivity contribution in [3.63, 3.8) is 0 Å². The molecule has 1 saturated heterocycles. The first kappa shape index (κ1) is 37.1. The Kier molecular flexibility index (Phi) is 15.0. The fourth-order valence-electron chi connectivity index (χ4n) is 5.29. The minimum atomic E-state index is -1.43. The number of nitrogens with zero attached hydrogens (tertiary/aromatic N) is 2. The van der Waals surface area contributed by atoms with Crippen molar-refractivity contribution in [1.82, 2.24) is 9.80 Å². The normalized spacial score (nSPS) is 22.7. The molecule has 250 valence electrons. The maximum absolute atomic E-state index is 12.4. The van der Waals surface area contributed by atoms with Gasteiger partial charge in [-0.25, -0.2) is 0 Å². The van der Waals surface area contributed by atoms with Crippen LogP contribution < -0.4 is 14.2 Å². The molecule has 0 bridgehead atoms. The number of aldehydes is 1. The second-order valence-corrected chi connectivity index (χ2v) is 11.6. The Balaban J connectivity index is 0.000000267. The summed E-state index contributed by atoms with van der Waals surface area (Å²) < 4.78 is 16.3. The van der Waals surface area contributed by atoms with E-state index in [0.29, 0.717) is 30.1 Å². The molecule has 5 rings (SSSR count). The summed E-state index contributed by atoms with van der Waals surface area (Å²) in [6.07, 6.45) is 7.72. The molecule has 2 N–H and O–H groups in total. The molecular weight excluding hydrogens is 635 g/mol. The molecule has 1 saturated carbocycles. The summed E-state index contributed by atoms with van der Waals surface area (Å²) in [5.74, 6) is 0.493. The van der Waals surface area contributed by atoms with E-state index in [-0.39, 0.29) is 44.1 Å². The van der Waals surface area contributed by atoms with E-state index < -0.39 is 23.9 Å². The van der Waals surface area contributed by atoms with E-state index in [1.165, 1.54) is 5.56 Å². The van der Waals surface area contributed by atoms with Gasteiger partial charge in [0.25, 0.3) is 5.91 Å². The number of carbonyl (C=O) groups excluding carboxylic acids is 3. The average Bonchev–Trinajstić information content (AvgIpc) is 3.52. The number of fused-ring (bicyclic) bond motifs is 1. The molecule has 2 aliphatic heterocycles. The third kappa shape index (κ3) is 10.6. The van der Waals surface area contributed by atoms with Crippen LogP contribution in [0, 0.1) is 11.8 Å². The standard InChI is InChI=1S/C20H21ClN2O4.C14H20O4.ClH/c21-16-2-4-17(5-3-16)25-13-20(24)23-9-7-22(8-10-23)12-15-1-6-18-19(11-15)27-14-26-18;1-2-3-4-5-6-7-10-8-12(16)14(18)13(17)11(10)9-15;/h1-6,11H,7-10,12-14H2;4-7,9-12,14,16,18H,2-3,8H2,1H3;1H. The van der Waals surface area contributed by atoms with E-state index in [0.717, 1.165) is 44.0 Å². The molecule has 0 aromatic heterocycles. The van der Waals surface area contributed by atoms with Crippen LogP contribution in [-0.2, 0) is 20.9 Å². The number of allylic oxidation sites excluding steroid dienone is 4. The molecule has 4 unspecified atom stereocenters. The van der Waals surface area contributed by atoms with Gasteiger partial charge in [-0.2, -0.15) is 0 Å². The van der Waals surface area contributed by atoms with Crippen LogP contribution in [0.1, 0.15) is 31.7 Å². The molecule has 2 heterocycles. The molecule has 46 heavy (non-hydrogen) atoms. The summed E-state index contributed by atoms with van der Waals surface area (Å²) in [7, 11) is 0. The van der Waals surface area contributed by atoms with E-state index >= 15 is 0 Å². The van der Waals surface area contributed by atoms with Crippen molar-refractivity contribution in [2.45, 2.75) is 44.9 Å². The van der Waals surface area contributed by atoms with E-state index in [4.69, 9.17) is 25.8 Å². The number of ether oxygens (including phenoxy) is 3. The molecule has 0 spiro atoms. The lowest BCUT2D eigenvalue weighted by Crippen LogP contribution is -2.49. The lowest BCUT2D eigenvalue weighted by molar-refractivity contribution is -0.146. The average molecular weight is 678 g/mol. The number of amides is 1. The number of piperazine rings is 1. The minimum absolute atomic E-state index is 0. The van der Waals surface area contributed by atoms with Gasteiger partial charge in [0, 0.05) is 37.7 Å². The van der Waals surface area contributed by atoms with E-state index in [1.54, 1.807) is 36.4 Å². The number of carbonyl (C=O) groups is 3. The number of rotatable bonds is 10. The van der Waals surface area contributed by atoms with Crippen molar-refractivity contribution in [1.29, 1.82) is 0 Å². The molecule has 1 aliphatic carbocycles. The van der Waals surface area contributed by atoms with Gasteiger partial charge in [0.1, 0.15) is 18.1 Å². The van der Waals surface area contributed by atoms with Crippen molar-refractivity contribution in [2.75, 3.05) is 39.6 Å². The minimum Gasteiger partial charge on any atom is -0.484 e. The Labute approximate surface area is 281 Å². The second-order valence-electron chi connectivity index (χ2n) is 11.2. The monoisotopic (exact) mass is 676 g/mol. The van der Waals surface area contributed by atoms with Crippen molar-refractivity contribution < 1.29 is 38.8 Å². The lowest BCUT2D eigenvalue weighted by atomic mass is 9.76. The van der Waals surface area contributed by atoms with Gasteiger partial charge in [-0.15, -0.1) is 12.4 Å². The molecule has 2 aromatic rings. The Morgan fingerprint density at radius 2 is 1.76 bits per heavy atom. The van der Waals surface area contributed by atoms with Gasteiger partial charge in [0.15, 0.2) is 23.9 Å². The largest absolute Gasteiger partial charge is 0.484 e. The zero-order valence-electron chi connectivity index (χ0n) is 25.8. The van der Waals surface area contributed by atoms with E-state index in [1.807, 2.05) is 29.2 Å². The number of hydrogen-bond acceptors (Lipinski definition) is 9. The SMILES string of the molecule is CCCC=CC=CC1CC(O)C(O)C(=O)C1C=O.Cl.O=C(COc1ccc(Cl)cc1)N1CCN(Cc2ccc3c(c2)OCO3)CC1. The first-order valence-electron chi connectivity index (χ1n) is 15.2. The van der Waals surface area contributed by atoms with Crippen LogP contribution in [0.15, 0.2) is 66.8 Å². The number of aliphatic hydroxyl groups is 2. The van der Waals surface area contributed by atoms with E-state index in [9.17, 15) is 24.6 Å². The molecule has 0 radical (unpaired) electrons. The Morgan fingerprint density at radius 1 is 1.04 bits per heavy atom. The van der Waals surface area contributed by atoms with Gasteiger partial charge >= 0.3 is 0 Å². The van der Waals surface area contributed by atoms with Crippen molar-refractivity contribution >= 4 is 42.0 Å². The summed E-state index contributed by atoms with van der Waals surface area (Å²) in [6.45, 7) is 6.32. The highest BCUT2D eigenvalue weighted by Gasteiger charge is 2.41. The molecule has 2 aromatic carbocycles.